The quantitative estimate of drug-likeness (QED) is 0.461. The number of carbonyl (C=O) groups is 1. The molecule has 1 unspecified atom stereocenters. The Balaban J connectivity index is 2.08. The summed E-state index contributed by atoms with van der Waals surface area (Å²) in [4.78, 5) is 13.4. The molecule has 1 aliphatic rings. The van der Waals surface area contributed by atoms with E-state index in [4.69, 9.17) is 9.47 Å². The molecule has 5 nitrogen and oxygen atoms in total. The topological polar surface area (TPSA) is 50.8 Å². The molecule has 0 aliphatic heterocycles. The third-order valence-corrected chi connectivity index (χ3v) is 3.00. The van der Waals surface area contributed by atoms with Crippen molar-refractivity contribution in [3.63, 3.8) is 0 Å². The van der Waals surface area contributed by atoms with Crippen molar-refractivity contribution < 1.29 is 14.3 Å². The van der Waals surface area contributed by atoms with Gasteiger partial charge in [0.05, 0.1) is 13.7 Å². The SMILES string of the molecule is CNC(CN(C)CCOCC1CC1)C(=O)OC. The van der Waals surface area contributed by atoms with Crippen LogP contribution in [-0.2, 0) is 14.3 Å². The molecule has 100 valence electrons. The normalized spacial score (nSPS) is 17.2. The van der Waals surface area contributed by atoms with E-state index in [-0.39, 0.29) is 12.0 Å². The van der Waals surface area contributed by atoms with Crippen LogP contribution in [0.2, 0.25) is 0 Å². The first-order valence-electron chi connectivity index (χ1n) is 6.18. The maximum absolute atomic E-state index is 11.4. The minimum absolute atomic E-state index is 0.224. The standard InChI is InChI=1S/C12H24N2O3/c1-13-11(12(15)16-3)8-14(2)6-7-17-9-10-4-5-10/h10-11,13H,4-9H2,1-3H3. The first-order chi connectivity index (χ1) is 8.17. The zero-order valence-electron chi connectivity index (χ0n) is 11.1. The number of nitrogens with zero attached hydrogens (tertiary/aromatic N) is 1. The van der Waals surface area contributed by atoms with Crippen molar-refractivity contribution >= 4 is 5.97 Å². The molecule has 0 saturated heterocycles. The van der Waals surface area contributed by atoms with Crippen LogP contribution >= 0.6 is 0 Å². The van der Waals surface area contributed by atoms with Gasteiger partial charge in [-0.25, -0.2) is 0 Å². The molecule has 0 aromatic heterocycles. The summed E-state index contributed by atoms with van der Waals surface area (Å²) in [5, 5.41) is 2.95. The molecule has 0 spiro atoms. The molecular formula is C12H24N2O3. The number of likely N-dealkylation sites (N-methyl/N-ethyl adjacent to an activating group) is 2. The summed E-state index contributed by atoms with van der Waals surface area (Å²) >= 11 is 0. The van der Waals surface area contributed by atoms with Gasteiger partial charge >= 0.3 is 5.97 Å². The maximum Gasteiger partial charge on any atom is 0.324 e. The zero-order chi connectivity index (χ0) is 12.7. The second-order valence-corrected chi connectivity index (χ2v) is 4.64. The van der Waals surface area contributed by atoms with Crippen molar-refractivity contribution in [1.29, 1.82) is 0 Å². The van der Waals surface area contributed by atoms with Crippen molar-refractivity contribution in [2.75, 3.05) is 47.5 Å². The third-order valence-electron chi connectivity index (χ3n) is 3.00. The largest absolute Gasteiger partial charge is 0.468 e. The van der Waals surface area contributed by atoms with Crippen molar-refractivity contribution in [1.82, 2.24) is 10.2 Å². The number of ether oxygens (including phenoxy) is 2. The zero-order valence-corrected chi connectivity index (χ0v) is 11.1. The van der Waals surface area contributed by atoms with E-state index in [0.29, 0.717) is 6.54 Å². The van der Waals surface area contributed by atoms with Crippen LogP contribution in [0.4, 0.5) is 0 Å². The highest BCUT2D eigenvalue weighted by Gasteiger charge is 2.21. The van der Waals surface area contributed by atoms with Gasteiger partial charge in [0, 0.05) is 19.7 Å². The van der Waals surface area contributed by atoms with Crippen molar-refractivity contribution in [3.8, 4) is 0 Å². The van der Waals surface area contributed by atoms with Gasteiger partial charge in [0.15, 0.2) is 0 Å². The van der Waals surface area contributed by atoms with Gasteiger partial charge in [-0.3, -0.25) is 4.79 Å². The molecule has 1 saturated carbocycles. The van der Waals surface area contributed by atoms with Gasteiger partial charge in [-0.1, -0.05) is 0 Å². The lowest BCUT2D eigenvalue weighted by Crippen LogP contribution is -2.44. The number of hydrogen-bond acceptors (Lipinski definition) is 5. The molecule has 1 rings (SSSR count). The lowest BCUT2D eigenvalue weighted by molar-refractivity contribution is -0.143. The van der Waals surface area contributed by atoms with E-state index in [1.807, 2.05) is 7.05 Å². The fourth-order valence-electron chi connectivity index (χ4n) is 1.58. The highest BCUT2D eigenvalue weighted by atomic mass is 16.5. The molecule has 0 bridgehead atoms. The summed E-state index contributed by atoms with van der Waals surface area (Å²) in [5.41, 5.74) is 0. The van der Waals surface area contributed by atoms with Crippen LogP contribution in [-0.4, -0.2) is 64.4 Å². The average Bonchev–Trinajstić information content (AvgIpc) is 3.14. The lowest BCUT2D eigenvalue weighted by Gasteiger charge is -2.21. The smallest absolute Gasteiger partial charge is 0.324 e. The predicted octanol–water partition coefficient (Wildman–Crippen LogP) is 0.106. The number of nitrogens with one attached hydrogen (secondary N) is 1. The Morgan fingerprint density at radius 2 is 2.24 bits per heavy atom. The van der Waals surface area contributed by atoms with Crippen LogP contribution in [0.15, 0.2) is 0 Å². The maximum atomic E-state index is 11.4. The van der Waals surface area contributed by atoms with Gasteiger partial charge in [0.1, 0.15) is 6.04 Å². The van der Waals surface area contributed by atoms with Crippen LogP contribution in [0.3, 0.4) is 0 Å². The van der Waals surface area contributed by atoms with Crippen LogP contribution < -0.4 is 5.32 Å². The molecule has 1 N–H and O–H groups in total. The Hall–Kier alpha value is -0.650. The van der Waals surface area contributed by atoms with E-state index in [1.54, 1.807) is 7.05 Å². The van der Waals surface area contributed by atoms with Crippen molar-refractivity contribution in [3.05, 3.63) is 0 Å². The number of hydrogen-bond donors (Lipinski definition) is 1. The molecule has 0 heterocycles. The minimum atomic E-state index is -0.270. The Morgan fingerprint density at radius 1 is 1.53 bits per heavy atom. The van der Waals surface area contributed by atoms with E-state index in [1.165, 1.54) is 20.0 Å². The second kappa shape index (κ2) is 7.63. The van der Waals surface area contributed by atoms with E-state index >= 15 is 0 Å². The Labute approximate surface area is 103 Å². The predicted molar refractivity (Wildman–Crippen MR) is 65.9 cm³/mol. The van der Waals surface area contributed by atoms with Crippen LogP contribution in [0, 0.1) is 5.92 Å². The first-order valence-corrected chi connectivity index (χ1v) is 6.18. The summed E-state index contributed by atoms with van der Waals surface area (Å²) in [6.07, 6.45) is 2.64. The van der Waals surface area contributed by atoms with Gasteiger partial charge in [-0.15, -0.1) is 0 Å². The minimum Gasteiger partial charge on any atom is -0.468 e. The molecule has 0 radical (unpaired) electrons. The fourth-order valence-corrected chi connectivity index (χ4v) is 1.58. The third kappa shape index (κ3) is 6.00. The number of esters is 1. The van der Waals surface area contributed by atoms with Gasteiger partial charge in [0.25, 0.3) is 0 Å². The Kier molecular flexibility index (Phi) is 6.47. The number of rotatable bonds is 9. The Bertz CT molecular complexity index is 232. The van der Waals surface area contributed by atoms with Crippen molar-refractivity contribution in [2.24, 2.45) is 5.92 Å². The van der Waals surface area contributed by atoms with Gasteiger partial charge in [0.2, 0.25) is 0 Å². The van der Waals surface area contributed by atoms with Gasteiger partial charge in [-0.2, -0.15) is 0 Å². The summed E-state index contributed by atoms with van der Waals surface area (Å²) in [6.45, 7) is 3.09. The summed E-state index contributed by atoms with van der Waals surface area (Å²) in [5.74, 6) is 0.582. The number of carbonyl (C=O) groups excluding carboxylic acids is 1. The number of methoxy groups -OCH3 is 1. The summed E-state index contributed by atoms with van der Waals surface area (Å²) in [7, 11) is 5.15. The highest BCUT2D eigenvalue weighted by molar-refractivity contribution is 5.75. The van der Waals surface area contributed by atoms with Gasteiger partial charge < -0.3 is 19.7 Å². The molecule has 17 heavy (non-hydrogen) atoms. The highest BCUT2D eigenvalue weighted by Crippen LogP contribution is 2.28. The van der Waals surface area contributed by atoms with Crippen LogP contribution in [0.25, 0.3) is 0 Å². The first kappa shape index (κ1) is 14.4. The molecule has 1 fully saturated rings. The van der Waals surface area contributed by atoms with Crippen LogP contribution in [0.5, 0.6) is 0 Å². The van der Waals surface area contributed by atoms with Crippen molar-refractivity contribution in [2.45, 2.75) is 18.9 Å². The molecule has 0 aromatic carbocycles. The fraction of sp³-hybridized carbons (Fsp3) is 0.917. The molecule has 0 amide bonds. The summed E-state index contributed by atoms with van der Waals surface area (Å²) in [6, 6.07) is -0.270. The average molecular weight is 244 g/mol. The monoisotopic (exact) mass is 244 g/mol. The van der Waals surface area contributed by atoms with E-state index in [9.17, 15) is 4.79 Å². The second-order valence-electron chi connectivity index (χ2n) is 4.64. The molecule has 0 aromatic rings. The van der Waals surface area contributed by atoms with Gasteiger partial charge in [-0.05, 0) is 32.9 Å². The molecule has 1 aliphatic carbocycles. The van der Waals surface area contributed by atoms with E-state index in [2.05, 4.69) is 10.2 Å². The Morgan fingerprint density at radius 3 is 2.76 bits per heavy atom. The van der Waals surface area contributed by atoms with E-state index in [0.717, 1.165) is 25.7 Å². The van der Waals surface area contributed by atoms with Crippen LogP contribution in [0.1, 0.15) is 12.8 Å². The summed E-state index contributed by atoms with van der Waals surface area (Å²) < 4.78 is 10.3. The molecule has 5 heteroatoms. The lowest BCUT2D eigenvalue weighted by atomic mass is 10.3. The molecular weight excluding hydrogens is 220 g/mol. The molecule has 1 atom stereocenters. The van der Waals surface area contributed by atoms with E-state index < -0.39 is 0 Å².